The fourth-order valence-electron chi connectivity index (χ4n) is 2.61. The van der Waals surface area contributed by atoms with Crippen LogP contribution in [0.25, 0.3) is 4.96 Å². The number of hydrogen-bond acceptors (Lipinski definition) is 6. The number of ether oxygens (including phenoxy) is 1. The first-order valence-corrected chi connectivity index (χ1v) is 9.06. The van der Waals surface area contributed by atoms with Crippen molar-refractivity contribution in [1.82, 2.24) is 13.7 Å². The van der Waals surface area contributed by atoms with Crippen molar-refractivity contribution in [1.29, 1.82) is 0 Å². The summed E-state index contributed by atoms with van der Waals surface area (Å²) in [6, 6.07) is 0. The molecular weight excluding hydrogens is 312 g/mol. The van der Waals surface area contributed by atoms with Crippen LogP contribution in [0.15, 0.2) is 16.6 Å². The average Bonchev–Trinajstić information content (AvgIpc) is 3.06. The number of imidazole rings is 1. The first-order chi connectivity index (χ1) is 10.1. The van der Waals surface area contributed by atoms with Gasteiger partial charge in [-0.3, -0.25) is 4.40 Å². The fourth-order valence-corrected chi connectivity index (χ4v) is 5.15. The molecule has 1 fully saturated rings. The quantitative estimate of drug-likeness (QED) is 0.913. The molecule has 0 aromatic carbocycles. The van der Waals surface area contributed by atoms with Gasteiger partial charge in [0.2, 0.25) is 0 Å². The van der Waals surface area contributed by atoms with Crippen molar-refractivity contribution in [3.05, 3.63) is 11.6 Å². The van der Waals surface area contributed by atoms with Gasteiger partial charge in [0, 0.05) is 38.8 Å². The molecule has 7 nitrogen and oxygen atoms in total. The average molecular weight is 330 g/mol. The molecule has 0 aliphatic carbocycles. The molecule has 1 saturated heterocycles. The summed E-state index contributed by atoms with van der Waals surface area (Å²) in [7, 11) is -0.302. The van der Waals surface area contributed by atoms with Crippen LogP contribution in [0.2, 0.25) is 0 Å². The number of piperidine rings is 1. The van der Waals surface area contributed by atoms with Crippen LogP contribution >= 0.6 is 11.3 Å². The van der Waals surface area contributed by atoms with Gasteiger partial charge in [0.1, 0.15) is 0 Å². The molecule has 1 unspecified atom stereocenters. The van der Waals surface area contributed by atoms with E-state index in [0.717, 1.165) is 12.8 Å². The first-order valence-electron chi connectivity index (χ1n) is 6.74. The molecule has 3 heterocycles. The highest BCUT2D eigenvalue weighted by atomic mass is 32.2. The molecule has 0 amide bonds. The predicted octanol–water partition coefficient (Wildman–Crippen LogP) is 1.24. The zero-order chi connectivity index (χ0) is 15.0. The zero-order valence-corrected chi connectivity index (χ0v) is 13.6. The summed E-state index contributed by atoms with van der Waals surface area (Å²) < 4.78 is 34.4. The lowest BCUT2D eigenvalue weighted by Gasteiger charge is -2.30. The van der Waals surface area contributed by atoms with Gasteiger partial charge in [0.25, 0.3) is 10.0 Å². The van der Waals surface area contributed by atoms with Crippen LogP contribution in [-0.2, 0) is 14.8 Å². The van der Waals surface area contributed by atoms with Gasteiger partial charge in [-0.15, -0.1) is 11.3 Å². The zero-order valence-electron chi connectivity index (χ0n) is 11.9. The van der Waals surface area contributed by atoms with Crippen molar-refractivity contribution in [3.8, 4) is 0 Å². The summed E-state index contributed by atoms with van der Waals surface area (Å²) in [6.07, 6.45) is 3.38. The van der Waals surface area contributed by atoms with E-state index in [9.17, 15) is 8.42 Å². The minimum absolute atomic E-state index is 0.0440. The smallest absolute Gasteiger partial charge is 0.262 e. The van der Waals surface area contributed by atoms with Gasteiger partial charge in [-0.1, -0.05) is 0 Å². The summed E-state index contributed by atoms with van der Waals surface area (Å²) in [5.41, 5.74) is 0. The highest BCUT2D eigenvalue weighted by Crippen LogP contribution is 2.29. The molecule has 3 rings (SSSR count). The SMILES string of the molecule is CNc1nc2sccn2c1S(=O)(=O)N1CCCC(OC)C1. The lowest BCUT2D eigenvalue weighted by Crippen LogP contribution is -2.43. The van der Waals surface area contributed by atoms with E-state index in [1.807, 2.05) is 5.38 Å². The topological polar surface area (TPSA) is 75.9 Å². The van der Waals surface area contributed by atoms with Gasteiger partial charge in [-0.25, -0.2) is 13.4 Å². The monoisotopic (exact) mass is 330 g/mol. The Morgan fingerprint density at radius 1 is 1.52 bits per heavy atom. The van der Waals surface area contributed by atoms with E-state index in [-0.39, 0.29) is 11.1 Å². The van der Waals surface area contributed by atoms with Crippen molar-refractivity contribution < 1.29 is 13.2 Å². The molecule has 1 aliphatic rings. The number of sulfonamides is 1. The molecular formula is C12H18N4O3S2. The Labute approximate surface area is 127 Å². The molecule has 1 N–H and O–H groups in total. The third-order valence-electron chi connectivity index (χ3n) is 3.71. The van der Waals surface area contributed by atoms with Crippen LogP contribution in [-0.4, -0.2) is 55.5 Å². The molecule has 1 atom stereocenters. The van der Waals surface area contributed by atoms with Crippen molar-refractivity contribution in [2.75, 3.05) is 32.6 Å². The third kappa shape index (κ3) is 2.44. The Kier molecular flexibility index (Phi) is 3.91. The molecule has 9 heteroatoms. The lowest BCUT2D eigenvalue weighted by molar-refractivity contribution is 0.0571. The van der Waals surface area contributed by atoms with Crippen LogP contribution in [0.4, 0.5) is 5.82 Å². The molecule has 0 bridgehead atoms. The van der Waals surface area contributed by atoms with Crippen LogP contribution in [0.3, 0.4) is 0 Å². The summed E-state index contributed by atoms with van der Waals surface area (Å²) in [4.78, 5) is 4.99. The van der Waals surface area contributed by atoms with E-state index in [1.165, 1.54) is 15.6 Å². The van der Waals surface area contributed by atoms with Crippen molar-refractivity contribution in [3.63, 3.8) is 0 Å². The fraction of sp³-hybridized carbons (Fsp3) is 0.583. The normalized spacial score (nSPS) is 21.0. The largest absolute Gasteiger partial charge is 0.380 e. The first kappa shape index (κ1) is 14.8. The van der Waals surface area contributed by atoms with Gasteiger partial charge in [0.05, 0.1) is 6.10 Å². The number of rotatable bonds is 4. The Hall–Kier alpha value is -1.16. The van der Waals surface area contributed by atoms with Crippen LogP contribution in [0, 0.1) is 0 Å². The Bertz CT molecular complexity index is 737. The lowest BCUT2D eigenvalue weighted by atomic mass is 10.1. The molecule has 0 saturated carbocycles. The second-order valence-corrected chi connectivity index (χ2v) is 7.66. The third-order valence-corrected chi connectivity index (χ3v) is 6.36. The molecule has 2 aromatic heterocycles. The summed E-state index contributed by atoms with van der Waals surface area (Å²) in [5, 5.41) is 4.91. The minimum Gasteiger partial charge on any atom is -0.380 e. The maximum Gasteiger partial charge on any atom is 0.262 e. The highest BCUT2D eigenvalue weighted by Gasteiger charge is 2.35. The summed E-state index contributed by atoms with van der Waals surface area (Å²) >= 11 is 1.41. The van der Waals surface area contributed by atoms with Crippen molar-refractivity contribution in [2.45, 2.75) is 24.0 Å². The number of nitrogens with zero attached hydrogens (tertiary/aromatic N) is 3. The summed E-state index contributed by atoms with van der Waals surface area (Å²) in [6.45, 7) is 0.905. The number of aromatic nitrogens is 2. The number of anilines is 1. The highest BCUT2D eigenvalue weighted by molar-refractivity contribution is 7.89. The van der Waals surface area contributed by atoms with Gasteiger partial charge in [0.15, 0.2) is 15.8 Å². The van der Waals surface area contributed by atoms with E-state index >= 15 is 0 Å². The summed E-state index contributed by atoms with van der Waals surface area (Å²) in [5.74, 6) is 0.390. The predicted molar refractivity (Wildman–Crippen MR) is 81.4 cm³/mol. The van der Waals surface area contributed by atoms with Crippen molar-refractivity contribution >= 4 is 32.1 Å². The Balaban J connectivity index is 2.05. The van der Waals surface area contributed by atoms with E-state index in [2.05, 4.69) is 10.3 Å². The van der Waals surface area contributed by atoms with Crippen LogP contribution < -0.4 is 5.32 Å². The molecule has 0 spiro atoms. The second-order valence-electron chi connectivity index (χ2n) is 4.93. The van der Waals surface area contributed by atoms with E-state index < -0.39 is 10.0 Å². The number of fused-ring (bicyclic) bond motifs is 1. The van der Waals surface area contributed by atoms with Crippen molar-refractivity contribution in [2.24, 2.45) is 0 Å². The number of thiazole rings is 1. The molecule has 21 heavy (non-hydrogen) atoms. The Morgan fingerprint density at radius 2 is 2.33 bits per heavy atom. The Morgan fingerprint density at radius 3 is 3.05 bits per heavy atom. The van der Waals surface area contributed by atoms with Crippen LogP contribution in [0.5, 0.6) is 0 Å². The van der Waals surface area contributed by atoms with Crippen LogP contribution in [0.1, 0.15) is 12.8 Å². The van der Waals surface area contributed by atoms with E-state index in [0.29, 0.717) is 23.9 Å². The van der Waals surface area contributed by atoms with E-state index in [1.54, 1.807) is 24.8 Å². The molecule has 0 radical (unpaired) electrons. The van der Waals surface area contributed by atoms with Gasteiger partial charge >= 0.3 is 0 Å². The molecule has 1 aliphatic heterocycles. The maximum absolute atomic E-state index is 13.0. The molecule has 2 aromatic rings. The number of methoxy groups -OCH3 is 1. The maximum atomic E-state index is 13.0. The second kappa shape index (κ2) is 5.56. The van der Waals surface area contributed by atoms with Gasteiger partial charge < -0.3 is 10.1 Å². The van der Waals surface area contributed by atoms with Gasteiger partial charge in [-0.05, 0) is 12.8 Å². The minimum atomic E-state index is -3.60. The molecule has 116 valence electrons. The number of hydrogen-bond donors (Lipinski definition) is 1. The van der Waals surface area contributed by atoms with Gasteiger partial charge in [-0.2, -0.15) is 4.31 Å². The number of nitrogens with one attached hydrogen (secondary N) is 1. The standard InChI is InChI=1S/C12H18N4O3S2/c1-13-10-11(16-6-7-20-12(16)14-10)21(17,18)15-5-3-4-9(8-15)19-2/h6-7,9,13H,3-5,8H2,1-2H3. The van der Waals surface area contributed by atoms with E-state index in [4.69, 9.17) is 4.74 Å².